The minimum absolute atomic E-state index is 0.136. The molecule has 1 rings (SSSR count). The van der Waals surface area contributed by atoms with E-state index in [1.54, 1.807) is 0 Å². The Labute approximate surface area is 94.7 Å². The molecule has 17 heavy (non-hydrogen) atoms. The lowest BCUT2D eigenvalue weighted by Crippen LogP contribution is -2.60. The predicted molar refractivity (Wildman–Crippen MR) is 49.4 cm³/mol. The van der Waals surface area contributed by atoms with Crippen LogP contribution < -0.4 is 5.73 Å². The van der Waals surface area contributed by atoms with Gasteiger partial charge in [0.25, 0.3) is 5.92 Å². The average molecular weight is 260 g/mol. The van der Waals surface area contributed by atoms with Crippen LogP contribution in [0.2, 0.25) is 0 Å². The highest BCUT2D eigenvalue weighted by atomic mass is 19.4. The molecule has 0 spiro atoms. The number of nitrogens with zero attached hydrogens (tertiary/aromatic N) is 1. The molecule has 0 aliphatic carbocycles. The fraction of sp³-hybridized carbons (Fsp3) is 0.889. The number of nitrogens with two attached hydrogens (primary N) is 1. The van der Waals surface area contributed by atoms with Crippen LogP contribution in [-0.2, 0) is 4.79 Å². The van der Waals surface area contributed by atoms with Crippen LogP contribution in [0.25, 0.3) is 0 Å². The third-order valence-corrected chi connectivity index (χ3v) is 3.19. The number of rotatable bonds is 1. The summed E-state index contributed by atoms with van der Waals surface area (Å²) in [5.74, 6) is -5.64. The van der Waals surface area contributed by atoms with E-state index in [1.807, 2.05) is 0 Å². The first-order valence-corrected chi connectivity index (χ1v) is 4.97. The summed E-state index contributed by atoms with van der Waals surface area (Å²) in [4.78, 5) is 11.0. The van der Waals surface area contributed by atoms with Gasteiger partial charge in [-0.05, 0) is 6.42 Å². The van der Waals surface area contributed by atoms with Crippen molar-refractivity contribution >= 4 is 5.91 Å². The SMILES string of the molecule is CC1(CN)CCN(C(=O)C(F)(F)F)CC1(F)F. The zero-order valence-corrected chi connectivity index (χ0v) is 9.15. The zero-order valence-electron chi connectivity index (χ0n) is 9.15. The number of piperidine rings is 1. The predicted octanol–water partition coefficient (Wildman–Crippen LogP) is 1.38. The smallest absolute Gasteiger partial charge is 0.330 e. The summed E-state index contributed by atoms with van der Waals surface area (Å²) < 4.78 is 63.5. The molecule has 1 unspecified atom stereocenters. The van der Waals surface area contributed by atoms with Crippen LogP contribution in [0.15, 0.2) is 0 Å². The summed E-state index contributed by atoms with van der Waals surface area (Å²) in [5, 5.41) is 0. The van der Waals surface area contributed by atoms with Crippen molar-refractivity contribution in [2.75, 3.05) is 19.6 Å². The molecule has 0 aromatic heterocycles. The van der Waals surface area contributed by atoms with Crippen LogP contribution in [0.5, 0.6) is 0 Å². The van der Waals surface area contributed by atoms with Gasteiger partial charge in [-0.25, -0.2) is 8.78 Å². The molecule has 0 radical (unpaired) electrons. The molecular weight excluding hydrogens is 247 g/mol. The van der Waals surface area contributed by atoms with Gasteiger partial charge in [0.05, 0.1) is 6.54 Å². The van der Waals surface area contributed by atoms with Crippen molar-refractivity contribution in [3.8, 4) is 0 Å². The van der Waals surface area contributed by atoms with E-state index in [4.69, 9.17) is 5.73 Å². The molecule has 0 bridgehead atoms. The topological polar surface area (TPSA) is 46.3 Å². The minimum atomic E-state index is -5.12. The first kappa shape index (κ1) is 14.1. The van der Waals surface area contributed by atoms with Crippen LogP contribution in [0.4, 0.5) is 22.0 Å². The number of halogens is 5. The maximum atomic E-state index is 13.6. The van der Waals surface area contributed by atoms with Crippen LogP contribution in [0.3, 0.4) is 0 Å². The van der Waals surface area contributed by atoms with E-state index in [-0.39, 0.29) is 24.4 Å². The maximum Gasteiger partial charge on any atom is 0.471 e. The summed E-state index contributed by atoms with van der Waals surface area (Å²) in [5.41, 5.74) is 3.65. The number of carbonyl (C=O) groups is 1. The van der Waals surface area contributed by atoms with E-state index in [0.717, 1.165) is 0 Å². The summed E-state index contributed by atoms with van der Waals surface area (Å²) in [6, 6.07) is 0. The Hall–Kier alpha value is -0.920. The summed E-state index contributed by atoms with van der Waals surface area (Å²) in [6.45, 7) is -0.725. The van der Waals surface area contributed by atoms with Gasteiger partial charge in [-0.1, -0.05) is 6.92 Å². The highest BCUT2D eigenvalue weighted by Crippen LogP contribution is 2.43. The Kier molecular flexibility index (Phi) is 3.39. The molecule has 2 N–H and O–H groups in total. The molecule has 1 saturated heterocycles. The summed E-state index contributed by atoms with van der Waals surface area (Å²) in [7, 11) is 0. The lowest BCUT2D eigenvalue weighted by molar-refractivity contribution is -0.204. The van der Waals surface area contributed by atoms with Crippen LogP contribution in [-0.4, -0.2) is 42.5 Å². The molecule has 1 aliphatic heterocycles. The molecule has 1 aliphatic rings. The normalized spacial score (nSPS) is 29.2. The molecule has 3 nitrogen and oxygen atoms in total. The fourth-order valence-corrected chi connectivity index (χ4v) is 1.68. The number of hydrogen-bond donors (Lipinski definition) is 1. The largest absolute Gasteiger partial charge is 0.471 e. The fourth-order valence-electron chi connectivity index (χ4n) is 1.68. The minimum Gasteiger partial charge on any atom is -0.330 e. The van der Waals surface area contributed by atoms with Gasteiger partial charge in [0.2, 0.25) is 0 Å². The maximum absolute atomic E-state index is 13.6. The molecule has 0 aromatic rings. The molecule has 1 amide bonds. The Balaban J connectivity index is 2.84. The summed E-state index contributed by atoms with van der Waals surface area (Å²) in [6.07, 6.45) is -5.37. The van der Waals surface area contributed by atoms with E-state index in [9.17, 15) is 26.7 Å². The second kappa shape index (κ2) is 4.08. The van der Waals surface area contributed by atoms with Crippen molar-refractivity contribution in [1.29, 1.82) is 0 Å². The molecule has 1 atom stereocenters. The highest BCUT2D eigenvalue weighted by Gasteiger charge is 2.56. The summed E-state index contributed by atoms with van der Waals surface area (Å²) >= 11 is 0. The van der Waals surface area contributed by atoms with Gasteiger partial charge in [0.15, 0.2) is 0 Å². The van der Waals surface area contributed by atoms with E-state index in [0.29, 0.717) is 0 Å². The van der Waals surface area contributed by atoms with Gasteiger partial charge in [0, 0.05) is 18.5 Å². The zero-order chi connectivity index (χ0) is 13.5. The number of carbonyl (C=O) groups excluding carboxylic acids is 1. The third-order valence-electron chi connectivity index (χ3n) is 3.19. The lowest BCUT2D eigenvalue weighted by atomic mass is 9.77. The quantitative estimate of drug-likeness (QED) is 0.724. The number of alkyl halides is 5. The Morgan fingerprint density at radius 3 is 2.29 bits per heavy atom. The molecule has 1 fully saturated rings. The van der Waals surface area contributed by atoms with Gasteiger partial charge in [-0.3, -0.25) is 4.79 Å². The van der Waals surface area contributed by atoms with Crippen molar-refractivity contribution < 1.29 is 26.7 Å². The number of likely N-dealkylation sites (tertiary alicyclic amines) is 1. The van der Waals surface area contributed by atoms with E-state index >= 15 is 0 Å². The molecule has 0 saturated carbocycles. The van der Waals surface area contributed by atoms with E-state index < -0.39 is 30.0 Å². The third kappa shape index (κ3) is 2.51. The number of hydrogen-bond acceptors (Lipinski definition) is 2. The molecular formula is C9H13F5N2O. The highest BCUT2D eigenvalue weighted by molar-refractivity contribution is 5.82. The first-order chi connectivity index (χ1) is 7.53. The molecule has 1 heterocycles. The van der Waals surface area contributed by atoms with Gasteiger partial charge in [-0.2, -0.15) is 13.2 Å². The van der Waals surface area contributed by atoms with Gasteiger partial charge >= 0.3 is 12.1 Å². The van der Waals surface area contributed by atoms with Crippen molar-refractivity contribution in [2.45, 2.75) is 25.4 Å². The van der Waals surface area contributed by atoms with Crippen molar-refractivity contribution in [3.05, 3.63) is 0 Å². The Morgan fingerprint density at radius 2 is 1.94 bits per heavy atom. The standard InChI is InChI=1S/C9H13F5N2O/c1-7(4-15)2-3-16(5-8(7,10)11)6(17)9(12,13)14/h2-5,15H2,1H3. The molecule has 8 heteroatoms. The average Bonchev–Trinajstić information content (AvgIpc) is 2.19. The van der Waals surface area contributed by atoms with Gasteiger partial charge in [-0.15, -0.1) is 0 Å². The second-order valence-electron chi connectivity index (χ2n) is 4.44. The van der Waals surface area contributed by atoms with Gasteiger partial charge in [0.1, 0.15) is 0 Å². The van der Waals surface area contributed by atoms with Crippen LogP contribution in [0.1, 0.15) is 13.3 Å². The second-order valence-corrected chi connectivity index (χ2v) is 4.44. The Morgan fingerprint density at radius 1 is 1.41 bits per heavy atom. The Bertz CT molecular complexity index is 317. The monoisotopic (exact) mass is 260 g/mol. The van der Waals surface area contributed by atoms with E-state index in [2.05, 4.69) is 0 Å². The molecule has 100 valence electrons. The van der Waals surface area contributed by atoms with Crippen molar-refractivity contribution in [1.82, 2.24) is 4.90 Å². The molecule has 0 aromatic carbocycles. The van der Waals surface area contributed by atoms with Crippen molar-refractivity contribution in [3.63, 3.8) is 0 Å². The van der Waals surface area contributed by atoms with Gasteiger partial charge < -0.3 is 10.6 Å². The van der Waals surface area contributed by atoms with Crippen LogP contribution >= 0.6 is 0 Å². The van der Waals surface area contributed by atoms with Crippen molar-refractivity contribution in [2.24, 2.45) is 11.1 Å². The van der Waals surface area contributed by atoms with E-state index in [1.165, 1.54) is 6.92 Å². The lowest BCUT2D eigenvalue weighted by Gasteiger charge is -2.44. The first-order valence-electron chi connectivity index (χ1n) is 4.97. The van der Waals surface area contributed by atoms with Crippen LogP contribution in [0, 0.1) is 5.41 Å². The number of amides is 1.